The Morgan fingerprint density at radius 2 is 1.53 bits per heavy atom. The Morgan fingerprint density at radius 3 is 2.09 bits per heavy atom. The number of carbonyl (C=O) groups is 2. The van der Waals surface area contributed by atoms with Gasteiger partial charge in [-0.15, -0.1) is 10.2 Å². The quantitative estimate of drug-likeness (QED) is 0.326. The number of benzene rings is 2. The average Bonchev–Trinajstić information content (AvgIpc) is 3.26. The van der Waals surface area contributed by atoms with Crippen molar-refractivity contribution in [1.82, 2.24) is 10.2 Å². The van der Waals surface area contributed by atoms with E-state index in [-0.39, 0.29) is 11.7 Å². The summed E-state index contributed by atoms with van der Waals surface area (Å²) in [6.07, 6.45) is 0. The van der Waals surface area contributed by atoms with Gasteiger partial charge in [-0.05, 0) is 44.0 Å². The van der Waals surface area contributed by atoms with Crippen LogP contribution in [0.1, 0.15) is 27.0 Å². The van der Waals surface area contributed by atoms with Crippen LogP contribution in [0.4, 0.5) is 10.8 Å². The van der Waals surface area contributed by atoms with E-state index in [9.17, 15) is 9.59 Å². The summed E-state index contributed by atoms with van der Waals surface area (Å²) in [6.45, 7) is 5.96. The van der Waals surface area contributed by atoms with Gasteiger partial charge >= 0.3 is 0 Å². The van der Waals surface area contributed by atoms with Gasteiger partial charge < -0.3 is 19.5 Å². The van der Waals surface area contributed by atoms with E-state index in [1.54, 1.807) is 12.1 Å². The number of ether oxygens (including phenoxy) is 3. The van der Waals surface area contributed by atoms with Gasteiger partial charge in [-0.2, -0.15) is 0 Å². The van der Waals surface area contributed by atoms with Gasteiger partial charge in [-0.3, -0.25) is 14.9 Å². The van der Waals surface area contributed by atoms with E-state index in [1.165, 1.54) is 44.4 Å². The first-order chi connectivity index (χ1) is 16.2. The monoisotopic (exact) mass is 502 g/mol. The number of aromatic nitrogens is 2. The molecule has 2 amide bonds. The molecular weight excluding hydrogens is 476 g/mol. The van der Waals surface area contributed by atoms with E-state index in [1.807, 2.05) is 32.9 Å². The largest absolute Gasteiger partial charge is 0.493 e. The molecule has 0 aliphatic rings. The summed E-state index contributed by atoms with van der Waals surface area (Å²) in [6, 6.07) is 7.16. The van der Waals surface area contributed by atoms with E-state index >= 15 is 0 Å². The lowest BCUT2D eigenvalue weighted by Gasteiger charge is -2.13. The van der Waals surface area contributed by atoms with Gasteiger partial charge in [0.05, 0.1) is 27.1 Å². The fourth-order valence-electron chi connectivity index (χ4n) is 3.38. The number of nitrogens with zero attached hydrogens (tertiary/aromatic N) is 2. The van der Waals surface area contributed by atoms with Crippen LogP contribution in [0.5, 0.6) is 17.2 Å². The number of hydrogen-bond acceptors (Lipinski definition) is 9. The van der Waals surface area contributed by atoms with Gasteiger partial charge in [0.15, 0.2) is 15.8 Å². The van der Waals surface area contributed by atoms with Crippen LogP contribution < -0.4 is 24.8 Å². The summed E-state index contributed by atoms with van der Waals surface area (Å²) in [5.74, 6) is 0.747. The highest BCUT2D eigenvalue weighted by atomic mass is 32.2. The lowest BCUT2D eigenvalue weighted by Crippen LogP contribution is -2.15. The SMILES string of the molecule is COc1cc(C(=O)Nc2nnc(SCC(=O)Nc3c(C)cc(C)cc3C)s2)cc(OC)c1OC. The van der Waals surface area contributed by atoms with Gasteiger partial charge in [-0.25, -0.2) is 0 Å². The van der Waals surface area contributed by atoms with Gasteiger partial charge in [0.1, 0.15) is 0 Å². The van der Waals surface area contributed by atoms with Crippen LogP contribution in [0.2, 0.25) is 0 Å². The molecule has 0 bridgehead atoms. The summed E-state index contributed by atoms with van der Waals surface area (Å²) in [5, 5.41) is 14.0. The lowest BCUT2D eigenvalue weighted by atomic mass is 10.1. The zero-order valence-corrected chi connectivity index (χ0v) is 21.4. The fraction of sp³-hybridized carbons (Fsp3) is 0.304. The summed E-state index contributed by atoms with van der Waals surface area (Å²) < 4.78 is 16.4. The molecule has 0 spiro atoms. The predicted octanol–water partition coefficient (Wildman–Crippen LogP) is 4.47. The van der Waals surface area contributed by atoms with Crippen LogP contribution in [-0.4, -0.2) is 49.1 Å². The maximum atomic E-state index is 12.7. The maximum Gasteiger partial charge on any atom is 0.257 e. The molecule has 0 atom stereocenters. The van der Waals surface area contributed by atoms with Crippen molar-refractivity contribution in [2.45, 2.75) is 25.1 Å². The topological polar surface area (TPSA) is 112 Å². The molecule has 3 aromatic rings. The van der Waals surface area contributed by atoms with E-state index in [0.717, 1.165) is 22.4 Å². The zero-order valence-electron chi connectivity index (χ0n) is 19.8. The molecule has 11 heteroatoms. The van der Waals surface area contributed by atoms with E-state index in [4.69, 9.17) is 14.2 Å². The van der Waals surface area contributed by atoms with Crippen molar-refractivity contribution < 1.29 is 23.8 Å². The third-order valence-electron chi connectivity index (χ3n) is 4.82. The molecule has 9 nitrogen and oxygen atoms in total. The van der Waals surface area contributed by atoms with Gasteiger partial charge in [0.2, 0.25) is 16.8 Å². The molecule has 0 aliphatic carbocycles. The second-order valence-electron chi connectivity index (χ2n) is 7.35. The number of methoxy groups -OCH3 is 3. The first kappa shape index (κ1) is 25.3. The number of rotatable bonds is 9. The van der Waals surface area contributed by atoms with Crippen molar-refractivity contribution in [2.75, 3.05) is 37.7 Å². The van der Waals surface area contributed by atoms with Crippen LogP contribution in [0.3, 0.4) is 0 Å². The van der Waals surface area contributed by atoms with Crippen molar-refractivity contribution in [3.05, 3.63) is 46.5 Å². The molecular formula is C23H26N4O5S2. The minimum absolute atomic E-state index is 0.140. The molecule has 0 fully saturated rings. The molecule has 0 saturated carbocycles. The second-order valence-corrected chi connectivity index (χ2v) is 9.55. The van der Waals surface area contributed by atoms with Crippen molar-refractivity contribution >= 4 is 45.7 Å². The molecule has 0 saturated heterocycles. The predicted molar refractivity (Wildman–Crippen MR) is 134 cm³/mol. The summed E-state index contributed by atoms with van der Waals surface area (Å²) in [7, 11) is 4.44. The molecule has 34 heavy (non-hydrogen) atoms. The highest BCUT2D eigenvalue weighted by Gasteiger charge is 2.18. The fourth-order valence-corrected chi connectivity index (χ4v) is 4.93. The minimum atomic E-state index is -0.407. The van der Waals surface area contributed by atoms with Gasteiger partial charge in [0, 0.05) is 11.3 Å². The molecule has 180 valence electrons. The molecule has 1 aromatic heterocycles. The second kappa shape index (κ2) is 11.2. The van der Waals surface area contributed by atoms with Crippen LogP contribution in [0.15, 0.2) is 28.6 Å². The molecule has 3 rings (SSSR count). The van der Waals surface area contributed by atoms with Crippen LogP contribution in [0.25, 0.3) is 0 Å². The Hall–Kier alpha value is -3.31. The van der Waals surface area contributed by atoms with E-state index < -0.39 is 5.91 Å². The third-order valence-corrected chi connectivity index (χ3v) is 6.79. The molecule has 2 aromatic carbocycles. The number of amides is 2. The van der Waals surface area contributed by atoms with Crippen molar-refractivity contribution in [3.8, 4) is 17.2 Å². The standard InChI is InChI=1S/C23H26N4O5S2/c1-12-7-13(2)19(14(3)8-12)24-18(28)11-33-23-27-26-22(34-23)25-21(29)15-9-16(30-4)20(32-6)17(10-15)31-5/h7-10H,11H2,1-6H3,(H,24,28)(H,25,26,29). The highest BCUT2D eigenvalue weighted by Crippen LogP contribution is 2.38. The number of aryl methyl sites for hydroxylation is 3. The van der Waals surface area contributed by atoms with E-state index in [0.29, 0.717) is 32.3 Å². The average molecular weight is 503 g/mol. The van der Waals surface area contributed by atoms with E-state index in [2.05, 4.69) is 20.8 Å². The molecule has 0 radical (unpaired) electrons. The van der Waals surface area contributed by atoms with Crippen molar-refractivity contribution in [3.63, 3.8) is 0 Å². The number of hydrogen-bond donors (Lipinski definition) is 2. The first-order valence-electron chi connectivity index (χ1n) is 10.2. The van der Waals surface area contributed by atoms with Gasteiger partial charge in [0.25, 0.3) is 5.91 Å². The zero-order chi connectivity index (χ0) is 24.8. The molecule has 0 aliphatic heterocycles. The lowest BCUT2D eigenvalue weighted by molar-refractivity contribution is -0.113. The Labute approximate surface area is 206 Å². The molecule has 0 unspecified atom stereocenters. The van der Waals surface area contributed by atoms with Crippen LogP contribution in [-0.2, 0) is 4.79 Å². The summed E-state index contributed by atoms with van der Waals surface area (Å²) >= 11 is 2.43. The summed E-state index contributed by atoms with van der Waals surface area (Å²) in [4.78, 5) is 25.2. The Balaban J connectivity index is 1.62. The Morgan fingerprint density at radius 1 is 0.912 bits per heavy atom. The van der Waals surface area contributed by atoms with Crippen LogP contribution >= 0.6 is 23.1 Å². The number of thioether (sulfide) groups is 1. The molecule has 1 heterocycles. The highest BCUT2D eigenvalue weighted by molar-refractivity contribution is 8.01. The number of carbonyl (C=O) groups excluding carboxylic acids is 2. The van der Waals surface area contributed by atoms with Crippen LogP contribution in [0, 0.1) is 20.8 Å². The molecule has 2 N–H and O–H groups in total. The summed E-state index contributed by atoms with van der Waals surface area (Å²) in [5.41, 5.74) is 4.32. The Kier molecular flexibility index (Phi) is 8.35. The smallest absolute Gasteiger partial charge is 0.257 e. The normalized spacial score (nSPS) is 10.5. The van der Waals surface area contributed by atoms with Gasteiger partial charge in [-0.1, -0.05) is 40.8 Å². The minimum Gasteiger partial charge on any atom is -0.493 e. The first-order valence-corrected chi connectivity index (χ1v) is 12.0. The number of nitrogens with one attached hydrogen (secondary N) is 2. The third kappa shape index (κ3) is 5.97. The Bertz CT molecular complexity index is 1160. The maximum absolute atomic E-state index is 12.7. The number of anilines is 2. The van der Waals surface area contributed by atoms with Crippen molar-refractivity contribution in [1.29, 1.82) is 0 Å². The van der Waals surface area contributed by atoms with Crippen molar-refractivity contribution in [2.24, 2.45) is 0 Å².